The molecule has 0 saturated carbocycles. The fourth-order valence-electron chi connectivity index (χ4n) is 1.80. The van der Waals surface area contributed by atoms with Crippen molar-refractivity contribution in [3.05, 3.63) is 58.6 Å². The minimum absolute atomic E-state index is 0.269. The topological polar surface area (TPSA) is 41.5 Å². The molecule has 0 heterocycles. The molecule has 0 unspecified atom stereocenters. The van der Waals surface area contributed by atoms with Gasteiger partial charge in [0.05, 0.1) is 11.1 Å². The molecule has 0 aromatic heterocycles. The lowest BCUT2D eigenvalue weighted by atomic mass is 10.2. The largest absolute Gasteiger partial charge is 0.507 e. The van der Waals surface area contributed by atoms with E-state index in [1.54, 1.807) is 6.07 Å². The SMILES string of the molecule is Oc1ccc(CNCCCOc2ccccc2)cc1Br. The summed E-state index contributed by atoms with van der Waals surface area (Å²) < 4.78 is 6.34. The number of halogens is 1. The molecule has 2 N–H and O–H groups in total. The van der Waals surface area contributed by atoms with Gasteiger partial charge in [-0.3, -0.25) is 0 Å². The molecule has 2 rings (SSSR count). The van der Waals surface area contributed by atoms with Crippen molar-refractivity contribution in [2.24, 2.45) is 0 Å². The number of rotatable bonds is 7. The molecule has 0 fully saturated rings. The molecule has 0 radical (unpaired) electrons. The van der Waals surface area contributed by atoms with E-state index < -0.39 is 0 Å². The van der Waals surface area contributed by atoms with Crippen molar-refractivity contribution in [1.82, 2.24) is 5.32 Å². The standard InChI is InChI=1S/C16H18BrNO2/c17-15-11-13(7-8-16(15)19)12-18-9-4-10-20-14-5-2-1-3-6-14/h1-3,5-8,11,18-19H,4,9-10,12H2. The molecule has 4 heteroatoms. The summed E-state index contributed by atoms with van der Waals surface area (Å²) in [6.45, 7) is 2.38. The quantitative estimate of drug-likeness (QED) is 0.758. The Morgan fingerprint density at radius 2 is 1.90 bits per heavy atom. The molecule has 0 spiro atoms. The van der Waals surface area contributed by atoms with Gasteiger partial charge >= 0.3 is 0 Å². The lowest BCUT2D eigenvalue weighted by Gasteiger charge is -2.08. The van der Waals surface area contributed by atoms with Crippen LogP contribution in [0.5, 0.6) is 11.5 Å². The normalized spacial score (nSPS) is 10.4. The number of ether oxygens (including phenoxy) is 1. The number of nitrogens with one attached hydrogen (secondary N) is 1. The Morgan fingerprint density at radius 3 is 2.65 bits per heavy atom. The van der Waals surface area contributed by atoms with E-state index in [2.05, 4.69) is 21.2 Å². The van der Waals surface area contributed by atoms with Crippen molar-refractivity contribution in [1.29, 1.82) is 0 Å². The maximum Gasteiger partial charge on any atom is 0.129 e. The summed E-state index contributed by atoms with van der Waals surface area (Å²) in [4.78, 5) is 0. The summed E-state index contributed by atoms with van der Waals surface area (Å²) in [7, 11) is 0. The van der Waals surface area contributed by atoms with Gasteiger partial charge in [-0.05, 0) is 58.7 Å². The van der Waals surface area contributed by atoms with Crippen LogP contribution in [0.4, 0.5) is 0 Å². The Bertz CT molecular complexity index is 531. The molecular weight excluding hydrogens is 318 g/mol. The lowest BCUT2D eigenvalue weighted by molar-refractivity contribution is 0.308. The van der Waals surface area contributed by atoms with Gasteiger partial charge in [0.1, 0.15) is 11.5 Å². The van der Waals surface area contributed by atoms with Crippen LogP contribution in [0, 0.1) is 0 Å². The summed E-state index contributed by atoms with van der Waals surface area (Å²) in [5, 5.41) is 12.8. The van der Waals surface area contributed by atoms with Crippen molar-refractivity contribution < 1.29 is 9.84 Å². The molecule has 3 nitrogen and oxygen atoms in total. The Morgan fingerprint density at radius 1 is 1.10 bits per heavy atom. The van der Waals surface area contributed by atoms with E-state index in [1.807, 2.05) is 42.5 Å². The molecule has 20 heavy (non-hydrogen) atoms. The van der Waals surface area contributed by atoms with Crippen molar-refractivity contribution in [2.75, 3.05) is 13.2 Å². The fourth-order valence-corrected chi connectivity index (χ4v) is 2.22. The van der Waals surface area contributed by atoms with Gasteiger partial charge in [0.15, 0.2) is 0 Å². The summed E-state index contributed by atoms with van der Waals surface area (Å²) in [5.41, 5.74) is 1.14. The second kappa shape index (κ2) is 7.92. The molecule has 0 aliphatic heterocycles. The number of phenols is 1. The highest BCUT2D eigenvalue weighted by Crippen LogP contribution is 2.24. The van der Waals surface area contributed by atoms with Crippen molar-refractivity contribution in [3.8, 4) is 11.5 Å². The van der Waals surface area contributed by atoms with E-state index in [9.17, 15) is 5.11 Å². The molecule has 2 aromatic carbocycles. The highest BCUT2D eigenvalue weighted by atomic mass is 79.9. The molecule has 106 valence electrons. The van der Waals surface area contributed by atoms with Crippen LogP contribution >= 0.6 is 15.9 Å². The lowest BCUT2D eigenvalue weighted by Crippen LogP contribution is -2.17. The second-order valence-corrected chi connectivity index (χ2v) is 5.33. The van der Waals surface area contributed by atoms with Gasteiger partial charge in [-0.15, -0.1) is 0 Å². The average molecular weight is 336 g/mol. The fraction of sp³-hybridized carbons (Fsp3) is 0.250. The average Bonchev–Trinajstić information content (AvgIpc) is 2.47. The van der Waals surface area contributed by atoms with Crippen LogP contribution in [0.15, 0.2) is 53.0 Å². The highest BCUT2D eigenvalue weighted by Gasteiger charge is 1.99. The summed E-state index contributed by atoms with van der Waals surface area (Å²) in [5.74, 6) is 1.18. The van der Waals surface area contributed by atoms with Crippen LogP contribution in [0.25, 0.3) is 0 Å². The first-order valence-corrected chi connectivity index (χ1v) is 7.41. The van der Waals surface area contributed by atoms with Gasteiger partial charge in [0.2, 0.25) is 0 Å². The molecular formula is C16H18BrNO2. The van der Waals surface area contributed by atoms with Crippen molar-refractivity contribution >= 4 is 15.9 Å². The van der Waals surface area contributed by atoms with Gasteiger partial charge in [-0.1, -0.05) is 24.3 Å². The Labute approximate surface area is 127 Å². The molecule has 0 bridgehead atoms. The zero-order valence-corrected chi connectivity index (χ0v) is 12.8. The zero-order chi connectivity index (χ0) is 14.2. The first-order chi connectivity index (χ1) is 9.75. The summed E-state index contributed by atoms with van der Waals surface area (Å²) in [6, 6.07) is 15.4. The third-order valence-electron chi connectivity index (χ3n) is 2.85. The van der Waals surface area contributed by atoms with Gasteiger partial charge in [0, 0.05) is 6.54 Å². The van der Waals surface area contributed by atoms with Gasteiger partial charge < -0.3 is 15.2 Å². The van der Waals surface area contributed by atoms with Gasteiger partial charge in [-0.2, -0.15) is 0 Å². The number of hydrogen-bond acceptors (Lipinski definition) is 3. The third kappa shape index (κ3) is 4.87. The van der Waals surface area contributed by atoms with Crippen LogP contribution in [-0.4, -0.2) is 18.3 Å². The number of hydrogen-bond donors (Lipinski definition) is 2. The summed E-state index contributed by atoms with van der Waals surface area (Å²) in [6.07, 6.45) is 0.953. The van der Waals surface area contributed by atoms with Gasteiger partial charge in [0.25, 0.3) is 0 Å². The predicted molar refractivity (Wildman–Crippen MR) is 84.1 cm³/mol. The molecule has 0 amide bonds. The number of aromatic hydroxyl groups is 1. The summed E-state index contributed by atoms with van der Waals surface area (Å²) >= 11 is 3.31. The van der Waals surface area contributed by atoms with E-state index in [1.165, 1.54) is 0 Å². The van der Waals surface area contributed by atoms with Crippen LogP contribution < -0.4 is 10.1 Å². The Balaban J connectivity index is 1.61. The maximum atomic E-state index is 9.41. The third-order valence-corrected chi connectivity index (χ3v) is 3.49. The molecule has 0 atom stereocenters. The first kappa shape index (κ1) is 14.9. The Hall–Kier alpha value is -1.52. The van der Waals surface area contributed by atoms with Crippen LogP contribution in [0.3, 0.4) is 0 Å². The number of benzene rings is 2. The maximum absolute atomic E-state index is 9.41. The first-order valence-electron chi connectivity index (χ1n) is 6.61. The monoisotopic (exact) mass is 335 g/mol. The van der Waals surface area contributed by atoms with Crippen LogP contribution in [0.1, 0.15) is 12.0 Å². The minimum Gasteiger partial charge on any atom is -0.507 e. The number of phenolic OH excluding ortho intramolecular Hbond substituents is 1. The molecule has 0 aliphatic carbocycles. The van der Waals surface area contributed by atoms with E-state index >= 15 is 0 Å². The highest BCUT2D eigenvalue weighted by molar-refractivity contribution is 9.10. The predicted octanol–water partition coefficient (Wildman–Crippen LogP) is 3.71. The zero-order valence-electron chi connectivity index (χ0n) is 11.2. The van der Waals surface area contributed by atoms with E-state index in [4.69, 9.17) is 4.74 Å². The smallest absolute Gasteiger partial charge is 0.129 e. The number of para-hydroxylation sites is 1. The second-order valence-electron chi connectivity index (χ2n) is 4.48. The van der Waals surface area contributed by atoms with Crippen LogP contribution in [-0.2, 0) is 6.54 Å². The van der Waals surface area contributed by atoms with Crippen molar-refractivity contribution in [2.45, 2.75) is 13.0 Å². The molecule has 0 aliphatic rings. The van der Waals surface area contributed by atoms with Crippen LogP contribution in [0.2, 0.25) is 0 Å². The van der Waals surface area contributed by atoms with E-state index in [0.717, 1.165) is 35.3 Å². The van der Waals surface area contributed by atoms with Crippen molar-refractivity contribution in [3.63, 3.8) is 0 Å². The molecule has 0 saturated heterocycles. The van der Waals surface area contributed by atoms with Gasteiger partial charge in [-0.25, -0.2) is 0 Å². The van der Waals surface area contributed by atoms with E-state index in [-0.39, 0.29) is 5.75 Å². The Kier molecular flexibility index (Phi) is 5.89. The molecule has 2 aromatic rings. The van der Waals surface area contributed by atoms with E-state index in [0.29, 0.717) is 6.61 Å². The minimum atomic E-state index is 0.269.